The Kier molecular flexibility index (Phi) is 2.68. The molecule has 0 saturated heterocycles. The van der Waals surface area contributed by atoms with Crippen molar-refractivity contribution < 1.29 is 14.4 Å². The quantitative estimate of drug-likeness (QED) is 0.641. The lowest BCUT2D eigenvalue weighted by molar-refractivity contribution is -0.145. The Labute approximate surface area is 96.0 Å². The maximum atomic E-state index is 11.5. The van der Waals surface area contributed by atoms with Crippen LogP contribution in [-0.4, -0.2) is 24.9 Å². The molecule has 0 aromatic carbocycles. The average molecular weight is 225 g/mol. The van der Waals surface area contributed by atoms with Gasteiger partial charge in [0.1, 0.15) is 6.10 Å². The molecule has 4 nitrogen and oxygen atoms in total. The number of hydrogen-bond donors (Lipinski definition) is 0. The number of oxime groups is 1. The van der Waals surface area contributed by atoms with Gasteiger partial charge < -0.3 is 9.57 Å². The van der Waals surface area contributed by atoms with E-state index in [0.717, 1.165) is 18.6 Å². The Morgan fingerprint density at radius 3 is 2.69 bits per heavy atom. The van der Waals surface area contributed by atoms with Crippen LogP contribution in [0.1, 0.15) is 33.6 Å². The largest absolute Gasteiger partial charge is 0.469 e. The zero-order valence-electron chi connectivity index (χ0n) is 10.3. The van der Waals surface area contributed by atoms with Crippen LogP contribution in [0.3, 0.4) is 0 Å². The minimum Gasteiger partial charge on any atom is -0.469 e. The van der Waals surface area contributed by atoms with Gasteiger partial charge in [0.2, 0.25) is 0 Å². The highest BCUT2D eigenvalue weighted by Gasteiger charge is 2.48. The molecule has 1 fully saturated rings. The van der Waals surface area contributed by atoms with Gasteiger partial charge in [0.05, 0.1) is 18.7 Å². The summed E-state index contributed by atoms with van der Waals surface area (Å²) in [5.74, 6) is 0.156. The van der Waals surface area contributed by atoms with Gasteiger partial charge >= 0.3 is 5.97 Å². The van der Waals surface area contributed by atoms with E-state index >= 15 is 0 Å². The van der Waals surface area contributed by atoms with Gasteiger partial charge in [-0.15, -0.1) is 0 Å². The van der Waals surface area contributed by atoms with Crippen LogP contribution in [0.4, 0.5) is 0 Å². The van der Waals surface area contributed by atoms with Gasteiger partial charge in [-0.2, -0.15) is 0 Å². The van der Waals surface area contributed by atoms with E-state index in [1.807, 2.05) is 0 Å². The number of carbonyl (C=O) groups is 1. The molecule has 2 aliphatic rings. The summed E-state index contributed by atoms with van der Waals surface area (Å²) in [5, 5.41) is 4.18. The molecule has 1 aliphatic heterocycles. The molecule has 0 aromatic rings. The van der Waals surface area contributed by atoms with E-state index in [-0.39, 0.29) is 23.4 Å². The Bertz CT molecular complexity index is 330. The van der Waals surface area contributed by atoms with E-state index in [2.05, 4.69) is 25.9 Å². The van der Waals surface area contributed by atoms with Crippen molar-refractivity contribution in [2.45, 2.75) is 39.7 Å². The van der Waals surface area contributed by atoms with Gasteiger partial charge in [0.15, 0.2) is 0 Å². The average Bonchev–Trinajstić information content (AvgIpc) is 2.72. The molecule has 0 spiro atoms. The molecule has 0 bridgehead atoms. The minimum absolute atomic E-state index is 0.0183. The Morgan fingerprint density at radius 2 is 2.12 bits per heavy atom. The standard InChI is InChI=1S/C12H19NO3/c1-12(2,3)10-8-5-7(11(14)15-4)6-9(8)16-13-10/h7-9H,5-6H2,1-4H3. The fourth-order valence-electron chi connectivity index (χ4n) is 2.65. The van der Waals surface area contributed by atoms with Crippen LogP contribution in [0.2, 0.25) is 0 Å². The van der Waals surface area contributed by atoms with Crippen LogP contribution < -0.4 is 0 Å². The number of nitrogens with zero attached hydrogens (tertiary/aromatic N) is 1. The number of methoxy groups -OCH3 is 1. The summed E-state index contributed by atoms with van der Waals surface area (Å²) in [5.41, 5.74) is 1.11. The second-order valence-electron chi connectivity index (χ2n) is 5.67. The first-order chi connectivity index (χ1) is 7.43. The summed E-state index contributed by atoms with van der Waals surface area (Å²) in [6.07, 6.45) is 1.63. The molecule has 1 saturated carbocycles. The summed E-state index contributed by atoms with van der Waals surface area (Å²) in [4.78, 5) is 16.9. The normalized spacial score (nSPS) is 33.0. The molecule has 3 unspecified atom stereocenters. The SMILES string of the molecule is COC(=O)C1CC2ON=C(C(C)(C)C)C2C1. The van der Waals surface area contributed by atoms with Gasteiger partial charge in [-0.05, 0) is 6.42 Å². The third-order valence-electron chi connectivity index (χ3n) is 3.44. The number of esters is 1. The molecule has 1 heterocycles. The van der Waals surface area contributed by atoms with Crippen molar-refractivity contribution in [2.24, 2.45) is 22.4 Å². The van der Waals surface area contributed by atoms with E-state index in [4.69, 9.17) is 9.57 Å². The zero-order chi connectivity index (χ0) is 11.9. The third-order valence-corrected chi connectivity index (χ3v) is 3.44. The molecule has 0 amide bonds. The maximum Gasteiger partial charge on any atom is 0.308 e. The highest BCUT2D eigenvalue weighted by molar-refractivity contribution is 5.93. The van der Waals surface area contributed by atoms with Crippen LogP contribution in [-0.2, 0) is 14.4 Å². The zero-order valence-corrected chi connectivity index (χ0v) is 10.3. The van der Waals surface area contributed by atoms with Crippen molar-refractivity contribution >= 4 is 11.7 Å². The molecule has 90 valence electrons. The Balaban J connectivity index is 2.09. The van der Waals surface area contributed by atoms with Crippen LogP contribution >= 0.6 is 0 Å². The smallest absolute Gasteiger partial charge is 0.308 e. The van der Waals surface area contributed by atoms with Crippen molar-refractivity contribution in [3.63, 3.8) is 0 Å². The minimum atomic E-state index is -0.119. The molecule has 2 rings (SSSR count). The summed E-state index contributed by atoms with van der Waals surface area (Å²) < 4.78 is 4.79. The molecular weight excluding hydrogens is 206 g/mol. The fraction of sp³-hybridized carbons (Fsp3) is 0.833. The van der Waals surface area contributed by atoms with Crippen LogP contribution in [0.5, 0.6) is 0 Å². The fourth-order valence-corrected chi connectivity index (χ4v) is 2.65. The van der Waals surface area contributed by atoms with E-state index in [1.165, 1.54) is 7.11 Å². The molecule has 3 atom stereocenters. The lowest BCUT2D eigenvalue weighted by Crippen LogP contribution is -2.28. The second-order valence-corrected chi connectivity index (χ2v) is 5.67. The van der Waals surface area contributed by atoms with Gasteiger partial charge in [-0.1, -0.05) is 25.9 Å². The van der Waals surface area contributed by atoms with E-state index in [0.29, 0.717) is 5.92 Å². The molecule has 0 radical (unpaired) electrons. The Morgan fingerprint density at radius 1 is 1.44 bits per heavy atom. The van der Waals surface area contributed by atoms with Gasteiger partial charge in [-0.3, -0.25) is 4.79 Å². The number of hydrogen-bond acceptors (Lipinski definition) is 4. The van der Waals surface area contributed by atoms with Crippen LogP contribution in [0.15, 0.2) is 5.16 Å². The van der Waals surface area contributed by atoms with Gasteiger partial charge in [-0.25, -0.2) is 0 Å². The summed E-state index contributed by atoms with van der Waals surface area (Å²) >= 11 is 0. The highest BCUT2D eigenvalue weighted by atomic mass is 16.6. The summed E-state index contributed by atoms with van der Waals surface area (Å²) in [7, 11) is 1.44. The first-order valence-electron chi connectivity index (χ1n) is 5.75. The monoisotopic (exact) mass is 225 g/mol. The molecule has 1 aliphatic carbocycles. The predicted octanol–water partition coefficient (Wildman–Crippen LogP) is 1.99. The number of rotatable bonds is 1. The van der Waals surface area contributed by atoms with E-state index in [9.17, 15) is 4.79 Å². The first-order valence-corrected chi connectivity index (χ1v) is 5.75. The van der Waals surface area contributed by atoms with E-state index in [1.54, 1.807) is 0 Å². The lowest BCUT2D eigenvalue weighted by atomic mass is 9.81. The van der Waals surface area contributed by atoms with Crippen molar-refractivity contribution in [1.29, 1.82) is 0 Å². The number of ether oxygens (including phenoxy) is 1. The molecular formula is C12H19NO3. The van der Waals surface area contributed by atoms with Crippen LogP contribution in [0, 0.1) is 17.3 Å². The summed E-state index contributed by atoms with van der Waals surface area (Å²) in [6, 6.07) is 0. The molecule has 16 heavy (non-hydrogen) atoms. The summed E-state index contributed by atoms with van der Waals surface area (Å²) in [6.45, 7) is 6.38. The number of carbonyl (C=O) groups excluding carboxylic acids is 1. The predicted molar refractivity (Wildman–Crippen MR) is 60.0 cm³/mol. The van der Waals surface area contributed by atoms with Crippen molar-refractivity contribution in [3.05, 3.63) is 0 Å². The van der Waals surface area contributed by atoms with Crippen molar-refractivity contribution in [2.75, 3.05) is 7.11 Å². The maximum absolute atomic E-state index is 11.5. The first kappa shape index (κ1) is 11.4. The van der Waals surface area contributed by atoms with Gasteiger partial charge in [0, 0.05) is 17.8 Å². The molecule has 0 N–H and O–H groups in total. The number of fused-ring (bicyclic) bond motifs is 1. The van der Waals surface area contributed by atoms with Gasteiger partial charge in [0.25, 0.3) is 0 Å². The molecule has 0 aromatic heterocycles. The Hall–Kier alpha value is -1.06. The second kappa shape index (κ2) is 3.75. The van der Waals surface area contributed by atoms with Crippen molar-refractivity contribution in [3.8, 4) is 0 Å². The van der Waals surface area contributed by atoms with Crippen molar-refractivity contribution in [1.82, 2.24) is 0 Å². The topological polar surface area (TPSA) is 47.9 Å². The van der Waals surface area contributed by atoms with E-state index < -0.39 is 0 Å². The lowest BCUT2D eigenvalue weighted by Gasteiger charge is -2.21. The third kappa shape index (κ3) is 1.81. The molecule has 4 heteroatoms. The van der Waals surface area contributed by atoms with Crippen LogP contribution in [0.25, 0.3) is 0 Å². The highest BCUT2D eigenvalue weighted by Crippen LogP contribution is 2.42.